The van der Waals surface area contributed by atoms with Crippen molar-refractivity contribution in [1.29, 1.82) is 0 Å². The minimum Gasteiger partial charge on any atom is -0.398 e. The number of anilines is 1. The number of hydrogen-bond acceptors (Lipinski definition) is 2. The van der Waals surface area contributed by atoms with E-state index in [-0.39, 0.29) is 11.9 Å². The van der Waals surface area contributed by atoms with Crippen LogP contribution < -0.4 is 11.1 Å². The number of carbonyl (C=O) groups is 1. The number of nitrogens with one attached hydrogen (secondary N) is 1. The van der Waals surface area contributed by atoms with Crippen molar-refractivity contribution < 1.29 is 4.79 Å². The van der Waals surface area contributed by atoms with Crippen LogP contribution in [-0.4, -0.2) is 5.91 Å². The van der Waals surface area contributed by atoms with Gasteiger partial charge in [0, 0.05) is 11.3 Å². The zero-order valence-corrected chi connectivity index (χ0v) is 11.2. The molecule has 3 N–H and O–H groups in total. The largest absolute Gasteiger partial charge is 0.398 e. The Hall–Kier alpha value is -2.29. The summed E-state index contributed by atoms with van der Waals surface area (Å²) in [5.41, 5.74) is 9.11. The molecule has 1 amide bonds. The fourth-order valence-electron chi connectivity index (χ4n) is 1.89. The summed E-state index contributed by atoms with van der Waals surface area (Å²) in [5, 5.41) is 2.96. The summed E-state index contributed by atoms with van der Waals surface area (Å²) in [6.07, 6.45) is 0. The summed E-state index contributed by atoms with van der Waals surface area (Å²) in [4.78, 5) is 12.1. The van der Waals surface area contributed by atoms with E-state index < -0.39 is 0 Å². The molecule has 0 heterocycles. The third-order valence-corrected chi connectivity index (χ3v) is 3.19. The van der Waals surface area contributed by atoms with Crippen molar-refractivity contribution in [1.82, 2.24) is 5.32 Å². The van der Waals surface area contributed by atoms with Crippen LogP contribution in [0, 0.1) is 6.92 Å². The SMILES string of the molecule is Cc1ccc(C(=O)N[C@H](C)c2ccccc2)cc1N. The molecule has 0 aliphatic carbocycles. The van der Waals surface area contributed by atoms with E-state index in [1.54, 1.807) is 12.1 Å². The Kier molecular flexibility index (Phi) is 3.85. The average molecular weight is 254 g/mol. The normalized spacial score (nSPS) is 11.9. The van der Waals surface area contributed by atoms with Crippen molar-refractivity contribution in [2.75, 3.05) is 5.73 Å². The second kappa shape index (κ2) is 5.57. The van der Waals surface area contributed by atoms with E-state index in [0.29, 0.717) is 11.3 Å². The van der Waals surface area contributed by atoms with Crippen molar-refractivity contribution >= 4 is 11.6 Å². The Labute approximate surface area is 113 Å². The van der Waals surface area contributed by atoms with Gasteiger partial charge in [-0.15, -0.1) is 0 Å². The van der Waals surface area contributed by atoms with Crippen LogP contribution >= 0.6 is 0 Å². The van der Waals surface area contributed by atoms with Gasteiger partial charge in [-0.05, 0) is 37.1 Å². The highest BCUT2D eigenvalue weighted by atomic mass is 16.1. The van der Waals surface area contributed by atoms with Crippen LogP contribution in [0.3, 0.4) is 0 Å². The number of amides is 1. The molecule has 0 aliphatic heterocycles. The van der Waals surface area contributed by atoms with Crippen molar-refractivity contribution in [3.8, 4) is 0 Å². The van der Waals surface area contributed by atoms with Crippen molar-refractivity contribution in [3.05, 3.63) is 65.2 Å². The fourth-order valence-corrected chi connectivity index (χ4v) is 1.89. The molecule has 0 unspecified atom stereocenters. The Morgan fingerprint density at radius 2 is 1.84 bits per heavy atom. The third kappa shape index (κ3) is 3.13. The van der Waals surface area contributed by atoms with Crippen LogP contribution in [0.25, 0.3) is 0 Å². The number of nitrogen functional groups attached to an aromatic ring is 1. The van der Waals surface area contributed by atoms with E-state index in [2.05, 4.69) is 5.32 Å². The number of benzene rings is 2. The quantitative estimate of drug-likeness (QED) is 0.827. The lowest BCUT2D eigenvalue weighted by atomic mass is 10.1. The molecule has 2 aromatic carbocycles. The Morgan fingerprint density at radius 3 is 2.47 bits per heavy atom. The molecular formula is C16H18N2O. The lowest BCUT2D eigenvalue weighted by molar-refractivity contribution is 0.0940. The van der Waals surface area contributed by atoms with E-state index >= 15 is 0 Å². The molecule has 0 bridgehead atoms. The van der Waals surface area contributed by atoms with Crippen molar-refractivity contribution in [2.45, 2.75) is 19.9 Å². The molecule has 1 atom stereocenters. The van der Waals surface area contributed by atoms with Gasteiger partial charge in [0.25, 0.3) is 5.91 Å². The highest BCUT2D eigenvalue weighted by molar-refractivity contribution is 5.95. The summed E-state index contributed by atoms with van der Waals surface area (Å²) in [6.45, 7) is 3.88. The monoisotopic (exact) mass is 254 g/mol. The smallest absolute Gasteiger partial charge is 0.251 e. The zero-order chi connectivity index (χ0) is 13.8. The van der Waals surface area contributed by atoms with Crippen LogP contribution in [0.15, 0.2) is 48.5 Å². The lowest BCUT2D eigenvalue weighted by Gasteiger charge is -2.14. The van der Waals surface area contributed by atoms with Gasteiger partial charge >= 0.3 is 0 Å². The third-order valence-electron chi connectivity index (χ3n) is 3.19. The first kappa shape index (κ1) is 13.1. The molecule has 0 spiro atoms. The molecular weight excluding hydrogens is 236 g/mol. The first-order valence-corrected chi connectivity index (χ1v) is 6.30. The van der Waals surface area contributed by atoms with Gasteiger partial charge in [0.15, 0.2) is 0 Å². The number of carbonyl (C=O) groups excluding carboxylic acids is 1. The van der Waals surface area contributed by atoms with E-state index in [0.717, 1.165) is 11.1 Å². The molecule has 3 nitrogen and oxygen atoms in total. The standard InChI is InChI=1S/C16H18N2O/c1-11-8-9-14(10-15(11)17)16(19)18-12(2)13-6-4-3-5-7-13/h3-10,12H,17H2,1-2H3,(H,18,19)/t12-/m1/s1. The minimum absolute atomic E-state index is 0.0313. The Morgan fingerprint density at radius 1 is 1.16 bits per heavy atom. The average Bonchev–Trinajstić information content (AvgIpc) is 2.42. The summed E-state index contributed by atoms with van der Waals surface area (Å²) in [7, 11) is 0. The fraction of sp³-hybridized carbons (Fsp3) is 0.188. The molecule has 2 rings (SSSR count). The predicted molar refractivity (Wildman–Crippen MR) is 77.9 cm³/mol. The van der Waals surface area contributed by atoms with Gasteiger partial charge in [-0.25, -0.2) is 0 Å². The summed E-state index contributed by atoms with van der Waals surface area (Å²) < 4.78 is 0. The van der Waals surface area contributed by atoms with Crippen molar-refractivity contribution in [2.24, 2.45) is 0 Å². The van der Waals surface area contributed by atoms with Crippen LogP contribution in [-0.2, 0) is 0 Å². The van der Waals surface area contributed by atoms with E-state index in [9.17, 15) is 4.79 Å². The van der Waals surface area contributed by atoms with Crippen LogP contribution in [0.1, 0.15) is 34.5 Å². The predicted octanol–water partition coefficient (Wildman–Crippen LogP) is 3.07. The second-order valence-electron chi connectivity index (χ2n) is 4.68. The topological polar surface area (TPSA) is 55.1 Å². The van der Waals surface area contributed by atoms with Gasteiger partial charge in [0.2, 0.25) is 0 Å². The van der Waals surface area contributed by atoms with Gasteiger partial charge in [0.05, 0.1) is 6.04 Å². The maximum Gasteiger partial charge on any atom is 0.251 e. The van der Waals surface area contributed by atoms with Gasteiger partial charge < -0.3 is 11.1 Å². The van der Waals surface area contributed by atoms with Gasteiger partial charge in [-0.3, -0.25) is 4.79 Å². The summed E-state index contributed by atoms with van der Waals surface area (Å²) in [6, 6.07) is 15.2. The Balaban J connectivity index is 2.11. The highest BCUT2D eigenvalue weighted by Gasteiger charge is 2.11. The molecule has 0 saturated carbocycles. The van der Waals surface area contributed by atoms with Crippen LogP contribution in [0.2, 0.25) is 0 Å². The number of nitrogens with two attached hydrogens (primary N) is 1. The first-order valence-electron chi connectivity index (χ1n) is 6.30. The number of hydrogen-bond donors (Lipinski definition) is 2. The van der Waals surface area contributed by atoms with E-state index in [4.69, 9.17) is 5.73 Å². The van der Waals surface area contributed by atoms with Crippen LogP contribution in [0.5, 0.6) is 0 Å². The number of rotatable bonds is 3. The Bertz CT molecular complexity index is 579. The van der Waals surface area contributed by atoms with Crippen molar-refractivity contribution in [3.63, 3.8) is 0 Å². The molecule has 3 heteroatoms. The maximum atomic E-state index is 12.1. The highest BCUT2D eigenvalue weighted by Crippen LogP contribution is 2.15. The summed E-state index contributed by atoms with van der Waals surface area (Å²) in [5.74, 6) is -0.108. The van der Waals surface area contributed by atoms with E-state index in [1.165, 1.54) is 0 Å². The molecule has 98 valence electrons. The summed E-state index contributed by atoms with van der Waals surface area (Å²) >= 11 is 0. The number of aryl methyl sites for hydroxylation is 1. The molecule has 19 heavy (non-hydrogen) atoms. The minimum atomic E-state index is -0.108. The molecule has 0 radical (unpaired) electrons. The second-order valence-corrected chi connectivity index (χ2v) is 4.68. The molecule has 2 aromatic rings. The molecule has 0 aromatic heterocycles. The van der Waals surface area contributed by atoms with Crippen LogP contribution in [0.4, 0.5) is 5.69 Å². The van der Waals surface area contributed by atoms with Gasteiger partial charge in [-0.2, -0.15) is 0 Å². The van der Waals surface area contributed by atoms with Gasteiger partial charge in [0.1, 0.15) is 0 Å². The van der Waals surface area contributed by atoms with E-state index in [1.807, 2.05) is 50.2 Å². The first-order chi connectivity index (χ1) is 9.08. The lowest BCUT2D eigenvalue weighted by Crippen LogP contribution is -2.26. The molecule has 0 fully saturated rings. The molecule has 0 aliphatic rings. The maximum absolute atomic E-state index is 12.1. The zero-order valence-electron chi connectivity index (χ0n) is 11.2. The van der Waals surface area contributed by atoms with Gasteiger partial charge in [-0.1, -0.05) is 36.4 Å². The molecule has 0 saturated heterocycles.